The first-order valence-electron chi connectivity index (χ1n) is 5.31. The Hall–Kier alpha value is -1.70. The van der Waals surface area contributed by atoms with Gasteiger partial charge in [0.15, 0.2) is 11.2 Å². The van der Waals surface area contributed by atoms with Crippen molar-refractivity contribution in [1.29, 1.82) is 0 Å². The Kier molecular flexibility index (Phi) is 3.20. The van der Waals surface area contributed by atoms with E-state index in [0.29, 0.717) is 0 Å². The van der Waals surface area contributed by atoms with Crippen LogP contribution < -0.4 is 10.6 Å². The highest BCUT2D eigenvalue weighted by atomic mass is 19.4. The minimum atomic E-state index is -4.59. The van der Waals surface area contributed by atoms with Crippen molar-refractivity contribution in [3.8, 4) is 0 Å². The maximum absolute atomic E-state index is 13.0. The number of nitrogens with one attached hydrogen (secondary N) is 2. The fourth-order valence-electron chi connectivity index (χ4n) is 1.86. The second kappa shape index (κ2) is 4.52. The molecule has 2 rings (SSSR count). The summed E-state index contributed by atoms with van der Waals surface area (Å²) in [5, 5.41) is 4.73. The number of rotatable bonds is 2. The van der Waals surface area contributed by atoms with Crippen molar-refractivity contribution in [3.05, 3.63) is 18.6 Å². The van der Waals surface area contributed by atoms with E-state index < -0.39 is 24.0 Å². The molecule has 8 heteroatoms. The Balaban J connectivity index is 2.20. The van der Waals surface area contributed by atoms with Gasteiger partial charge in [0, 0.05) is 18.9 Å². The Bertz CT molecular complexity index is 428. The predicted octanol–water partition coefficient (Wildman–Crippen LogP) is 0.957. The van der Waals surface area contributed by atoms with Gasteiger partial charge in [0.2, 0.25) is 5.91 Å². The third-order valence-electron chi connectivity index (χ3n) is 2.94. The zero-order chi connectivity index (χ0) is 13.2. The van der Waals surface area contributed by atoms with E-state index >= 15 is 0 Å². The number of nitrogens with zero attached hydrogens (tertiary/aromatic N) is 2. The van der Waals surface area contributed by atoms with Gasteiger partial charge in [-0.1, -0.05) is 0 Å². The summed E-state index contributed by atoms with van der Waals surface area (Å²) >= 11 is 0. The Labute approximate surface area is 101 Å². The molecule has 2 heterocycles. The zero-order valence-corrected chi connectivity index (χ0v) is 9.29. The van der Waals surface area contributed by atoms with E-state index in [-0.39, 0.29) is 18.8 Å². The van der Waals surface area contributed by atoms with E-state index in [1.54, 1.807) is 0 Å². The molecule has 1 fully saturated rings. The fraction of sp³-hybridized carbons (Fsp3) is 0.500. The Morgan fingerprint density at radius 2 is 2.22 bits per heavy atom. The molecule has 18 heavy (non-hydrogen) atoms. The summed E-state index contributed by atoms with van der Waals surface area (Å²) in [6.07, 6.45) is -1.01. The molecule has 1 saturated heterocycles. The molecule has 0 spiro atoms. The van der Waals surface area contributed by atoms with E-state index in [2.05, 4.69) is 20.6 Å². The third kappa shape index (κ3) is 2.15. The maximum atomic E-state index is 13.0. The molecular formula is C10H11F3N4O. The van der Waals surface area contributed by atoms with Crippen molar-refractivity contribution in [3.63, 3.8) is 0 Å². The molecule has 1 aliphatic heterocycles. The van der Waals surface area contributed by atoms with Crippen LogP contribution in [0.5, 0.6) is 0 Å². The first-order chi connectivity index (χ1) is 8.46. The van der Waals surface area contributed by atoms with Gasteiger partial charge >= 0.3 is 6.18 Å². The van der Waals surface area contributed by atoms with E-state index in [9.17, 15) is 18.0 Å². The summed E-state index contributed by atoms with van der Waals surface area (Å²) in [5.41, 5.74) is -2.38. The van der Waals surface area contributed by atoms with Gasteiger partial charge in [0.1, 0.15) is 0 Å². The summed E-state index contributed by atoms with van der Waals surface area (Å²) in [6.45, 7) is -0.254. The molecule has 2 N–H and O–H groups in total. The summed E-state index contributed by atoms with van der Waals surface area (Å²) in [5.74, 6) is -1.08. The number of hydrogen-bond donors (Lipinski definition) is 2. The normalized spacial score (nSPS) is 23.9. The van der Waals surface area contributed by atoms with Gasteiger partial charge < -0.3 is 10.6 Å². The topological polar surface area (TPSA) is 66.9 Å². The molecule has 98 valence electrons. The first-order valence-corrected chi connectivity index (χ1v) is 5.31. The molecular weight excluding hydrogens is 249 g/mol. The van der Waals surface area contributed by atoms with Crippen molar-refractivity contribution >= 4 is 11.7 Å². The lowest BCUT2D eigenvalue weighted by atomic mass is 9.85. The molecule has 1 aliphatic rings. The molecule has 5 nitrogen and oxygen atoms in total. The highest BCUT2D eigenvalue weighted by Gasteiger charge is 2.61. The van der Waals surface area contributed by atoms with Gasteiger partial charge in [-0.15, -0.1) is 0 Å². The van der Waals surface area contributed by atoms with Gasteiger partial charge in [-0.05, 0) is 13.0 Å². The number of alkyl halides is 3. The predicted molar refractivity (Wildman–Crippen MR) is 56.6 cm³/mol. The largest absolute Gasteiger partial charge is 0.404 e. The van der Waals surface area contributed by atoms with Crippen LogP contribution in [0, 0.1) is 5.41 Å². The fourth-order valence-corrected chi connectivity index (χ4v) is 1.86. The number of halogens is 3. The number of anilines is 1. The number of carbonyl (C=O) groups excluding carboxylic acids is 1. The van der Waals surface area contributed by atoms with E-state index in [1.165, 1.54) is 18.6 Å². The van der Waals surface area contributed by atoms with E-state index in [0.717, 1.165) is 0 Å². The van der Waals surface area contributed by atoms with Crippen LogP contribution in [0.15, 0.2) is 18.6 Å². The molecule has 0 radical (unpaired) electrons. The number of amides is 1. The van der Waals surface area contributed by atoms with Crippen LogP contribution in [0.4, 0.5) is 19.0 Å². The Morgan fingerprint density at radius 1 is 1.44 bits per heavy atom. The molecule has 0 saturated carbocycles. The van der Waals surface area contributed by atoms with Gasteiger partial charge in [0.05, 0.1) is 6.20 Å². The van der Waals surface area contributed by atoms with Gasteiger partial charge in [-0.3, -0.25) is 9.78 Å². The van der Waals surface area contributed by atoms with Crippen molar-refractivity contribution in [2.75, 3.05) is 18.4 Å². The third-order valence-corrected chi connectivity index (χ3v) is 2.94. The SMILES string of the molecule is O=C(Nc1cnccn1)C1(C(F)(F)F)CCNC1. The average molecular weight is 260 g/mol. The lowest BCUT2D eigenvalue weighted by molar-refractivity contribution is -0.213. The standard InChI is InChI=1S/C10H11F3N4O/c11-10(12,13)9(1-2-15-6-9)8(18)17-7-5-14-3-4-16-7/h3-5,15H,1-2,6H2,(H,16,17,18). The van der Waals surface area contributed by atoms with Crippen molar-refractivity contribution in [1.82, 2.24) is 15.3 Å². The molecule has 1 aromatic heterocycles. The molecule has 1 atom stereocenters. The van der Waals surface area contributed by atoms with Crippen LogP contribution in [0.1, 0.15) is 6.42 Å². The summed E-state index contributed by atoms with van der Waals surface area (Å²) in [6, 6.07) is 0. The van der Waals surface area contributed by atoms with Gasteiger partial charge in [-0.2, -0.15) is 13.2 Å². The summed E-state index contributed by atoms with van der Waals surface area (Å²) in [7, 11) is 0. The van der Waals surface area contributed by atoms with Crippen LogP contribution in [0.25, 0.3) is 0 Å². The maximum Gasteiger partial charge on any atom is 0.404 e. The van der Waals surface area contributed by atoms with Crippen LogP contribution in [-0.2, 0) is 4.79 Å². The highest BCUT2D eigenvalue weighted by molar-refractivity contribution is 5.95. The molecule has 1 amide bonds. The van der Waals surface area contributed by atoms with Gasteiger partial charge in [-0.25, -0.2) is 4.98 Å². The minimum absolute atomic E-state index is 0.0121. The lowest BCUT2D eigenvalue weighted by Crippen LogP contribution is -2.49. The summed E-state index contributed by atoms with van der Waals surface area (Å²) < 4.78 is 39.1. The number of aromatic nitrogens is 2. The van der Waals surface area contributed by atoms with Crippen molar-refractivity contribution in [2.24, 2.45) is 5.41 Å². The monoisotopic (exact) mass is 260 g/mol. The Morgan fingerprint density at radius 3 is 2.72 bits per heavy atom. The first kappa shape index (κ1) is 12.7. The van der Waals surface area contributed by atoms with E-state index in [1.807, 2.05) is 0 Å². The highest BCUT2D eigenvalue weighted by Crippen LogP contribution is 2.43. The smallest absolute Gasteiger partial charge is 0.315 e. The molecule has 1 aromatic rings. The average Bonchev–Trinajstić information content (AvgIpc) is 2.80. The van der Waals surface area contributed by atoms with Crippen LogP contribution in [0.3, 0.4) is 0 Å². The second-order valence-electron chi connectivity index (χ2n) is 4.05. The summed E-state index contributed by atoms with van der Waals surface area (Å²) in [4.78, 5) is 19.2. The van der Waals surface area contributed by atoms with Crippen LogP contribution in [0.2, 0.25) is 0 Å². The molecule has 0 aromatic carbocycles. The number of hydrogen-bond acceptors (Lipinski definition) is 4. The van der Waals surface area contributed by atoms with Crippen molar-refractivity contribution in [2.45, 2.75) is 12.6 Å². The van der Waals surface area contributed by atoms with Crippen LogP contribution in [-0.4, -0.2) is 35.1 Å². The van der Waals surface area contributed by atoms with E-state index in [4.69, 9.17) is 0 Å². The lowest BCUT2D eigenvalue weighted by Gasteiger charge is -2.29. The second-order valence-corrected chi connectivity index (χ2v) is 4.05. The van der Waals surface area contributed by atoms with Crippen LogP contribution >= 0.6 is 0 Å². The van der Waals surface area contributed by atoms with Gasteiger partial charge in [0.25, 0.3) is 0 Å². The van der Waals surface area contributed by atoms with Crippen molar-refractivity contribution < 1.29 is 18.0 Å². The molecule has 0 bridgehead atoms. The molecule has 0 aliphatic carbocycles. The minimum Gasteiger partial charge on any atom is -0.315 e. The molecule has 1 unspecified atom stereocenters. The zero-order valence-electron chi connectivity index (χ0n) is 9.29. The number of carbonyl (C=O) groups is 1. The quantitative estimate of drug-likeness (QED) is 0.831.